The van der Waals surface area contributed by atoms with Crippen LogP contribution in [0.15, 0.2) is 12.3 Å². The van der Waals surface area contributed by atoms with Crippen molar-refractivity contribution in [2.24, 2.45) is 5.92 Å². The van der Waals surface area contributed by atoms with E-state index < -0.39 is 39.6 Å². The van der Waals surface area contributed by atoms with Crippen molar-refractivity contribution in [1.82, 2.24) is 3.97 Å². The first-order chi connectivity index (χ1) is 11.9. The molecule has 9 heteroatoms. The summed E-state index contributed by atoms with van der Waals surface area (Å²) in [5, 5.41) is -0.496. The zero-order chi connectivity index (χ0) is 19.5. The predicted molar refractivity (Wildman–Crippen MR) is 98.0 cm³/mol. The molecule has 2 atom stereocenters. The Balaban J connectivity index is 2.03. The van der Waals surface area contributed by atoms with E-state index in [2.05, 4.69) is 0 Å². The summed E-state index contributed by atoms with van der Waals surface area (Å²) in [5.74, 6) is -0.642. The summed E-state index contributed by atoms with van der Waals surface area (Å²) in [5.41, 5.74) is -0.671. The largest absolute Gasteiger partial charge is 0.496 e. The van der Waals surface area contributed by atoms with Crippen LogP contribution < -0.4 is 5.46 Å². The highest BCUT2D eigenvalue weighted by atomic mass is 32.2. The fourth-order valence-corrected chi connectivity index (χ4v) is 5.38. The van der Waals surface area contributed by atoms with Crippen molar-refractivity contribution in [2.45, 2.75) is 63.9 Å². The summed E-state index contributed by atoms with van der Waals surface area (Å²) in [6.07, 6.45) is 2.88. The van der Waals surface area contributed by atoms with Gasteiger partial charge in [0, 0.05) is 11.7 Å². The first-order valence-corrected chi connectivity index (χ1v) is 10.3. The van der Waals surface area contributed by atoms with Crippen LogP contribution in [0.1, 0.15) is 57.9 Å². The van der Waals surface area contributed by atoms with Crippen LogP contribution in [-0.4, -0.2) is 49.0 Å². The summed E-state index contributed by atoms with van der Waals surface area (Å²) in [6.45, 7) is 9.56. The monoisotopic (exact) mass is 383 g/mol. The fraction of sp³-hybridized carbons (Fsp3) is 0.706. The van der Waals surface area contributed by atoms with Gasteiger partial charge in [-0.1, -0.05) is 6.92 Å². The van der Waals surface area contributed by atoms with E-state index in [-0.39, 0.29) is 11.6 Å². The second kappa shape index (κ2) is 6.10. The minimum atomic E-state index is -3.70. The first-order valence-electron chi connectivity index (χ1n) is 8.81. The lowest BCUT2D eigenvalue weighted by atomic mass is 9.81. The SMILES string of the molecule is COC(=O)c1cc(B2OC(C)(C)C(C)(C)O2)cn1S(=O)(=O)C1CC[C@H]1C. The van der Waals surface area contributed by atoms with Gasteiger partial charge < -0.3 is 14.0 Å². The fourth-order valence-electron chi connectivity index (χ4n) is 3.26. The molecule has 2 fully saturated rings. The summed E-state index contributed by atoms with van der Waals surface area (Å²) < 4.78 is 43.8. The van der Waals surface area contributed by atoms with E-state index in [1.165, 1.54) is 19.4 Å². The Bertz CT molecular complexity index is 812. The molecule has 26 heavy (non-hydrogen) atoms. The second-order valence-electron chi connectivity index (χ2n) is 8.17. The van der Waals surface area contributed by atoms with Gasteiger partial charge in [-0.2, -0.15) is 0 Å². The van der Waals surface area contributed by atoms with Gasteiger partial charge in [0.15, 0.2) is 0 Å². The molecule has 0 aromatic carbocycles. The average molecular weight is 383 g/mol. The molecule has 1 aliphatic carbocycles. The molecule has 3 rings (SSSR count). The van der Waals surface area contributed by atoms with Crippen molar-refractivity contribution in [1.29, 1.82) is 0 Å². The maximum atomic E-state index is 13.0. The molecule has 7 nitrogen and oxygen atoms in total. The molecule has 1 aromatic heterocycles. The molecule has 1 aliphatic heterocycles. The van der Waals surface area contributed by atoms with E-state index >= 15 is 0 Å². The smallest absolute Gasteiger partial charge is 0.464 e. The number of esters is 1. The van der Waals surface area contributed by atoms with Gasteiger partial charge in [-0.05, 0) is 52.5 Å². The Kier molecular flexibility index (Phi) is 4.57. The van der Waals surface area contributed by atoms with E-state index in [4.69, 9.17) is 14.0 Å². The lowest BCUT2D eigenvalue weighted by Gasteiger charge is -2.33. The summed E-state index contributed by atoms with van der Waals surface area (Å²) in [4.78, 5) is 12.2. The van der Waals surface area contributed by atoms with E-state index in [9.17, 15) is 13.2 Å². The molecule has 1 saturated heterocycles. The highest BCUT2D eigenvalue weighted by Crippen LogP contribution is 2.37. The quantitative estimate of drug-likeness (QED) is 0.580. The molecule has 1 aromatic rings. The third-order valence-corrected chi connectivity index (χ3v) is 8.24. The van der Waals surface area contributed by atoms with E-state index in [0.717, 1.165) is 10.4 Å². The molecule has 0 spiro atoms. The summed E-state index contributed by atoms with van der Waals surface area (Å²) in [7, 11) is -3.22. The molecule has 1 saturated carbocycles. The number of carbonyl (C=O) groups is 1. The minimum Gasteiger partial charge on any atom is -0.464 e. The summed E-state index contributed by atoms with van der Waals surface area (Å²) in [6, 6.07) is 1.48. The van der Waals surface area contributed by atoms with E-state index in [1.807, 2.05) is 34.6 Å². The average Bonchev–Trinajstić information content (AvgIpc) is 3.04. The van der Waals surface area contributed by atoms with Gasteiger partial charge in [0.25, 0.3) is 0 Å². The Morgan fingerprint density at radius 3 is 2.23 bits per heavy atom. The first kappa shape index (κ1) is 19.4. The van der Waals surface area contributed by atoms with Crippen LogP contribution in [0.4, 0.5) is 0 Å². The van der Waals surface area contributed by atoms with Crippen molar-refractivity contribution in [2.75, 3.05) is 7.11 Å². The number of hydrogen-bond acceptors (Lipinski definition) is 6. The van der Waals surface area contributed by atoms with Crippen LogP contribution in [0.5, 0.6) is 0 Å². The topological polar surface area (TPSA) is 83.8 Å². The maximum absolute atomic E-state index is 13.0. The lowest BCUT2D eigenvalue weighted by molar-refractivity contribution is 0.00578. The number of methoxy groups -OCH3 is 1. The number of aromatic nitrogens is 1. The van der Waals surface area contributed by atoms with Gasteiger partial charge in [0.05, 0.1) is 23.6 Å². The van der Waals surface area contributed by atoms with E-state index in [0.29, 0.717) is 11.9 Å². The number of carbonyl (C=O) groups excluding carboxylic acids is 1. The molecule has 0 N–H and O–H groups in total. The molecular formula is C17H26BNO6S. The van der Waals surface area contributed by atoms with Gasteiger partial charge in [-0.15, -0.1) is 0 Å². The third kappa shape index (κ3) is 2.90. The Labute approximate surface area is 155 Å². The van der Waals surface area contributed by atoms with Crippen LogP contribution in [0.2, 0.25) is 0 Å². The Hall–Kier alpha value is -1.32. The van der Waals surface area contributed by atoms with Gasteiger partial charge >= 0.3 is 13.1 Å². The van der Waals surface area contributed by atoms with Gasteiger partial charge in [0.1, 0.15) is 5.69 Å². The van der Waals surface area contributed by atoms with E-state index in [1.54, 1.807) is 0 Å². The normalized spacial score (nSPS) is 27.2. The molecule has 0 radical (unpaired) electrons. The number of rotatable bonds is 4. The molecule has 2 aliphatic rings. The van der Waals surface area contributed by atoms with Gasteiger partial charge in [-0.3, -0.25) is 0 Å². The van der Waals surface area contributed by atoms with Crippen LogP contribution in [0.3, 0.4) is 0 Å². The molecule has 2 heterocycles. The highest BCUT2D eigenvalue weighted by molar-refractivity contribution is 7.90. The lowest BCUT2D eigenvalue weighted by Crippen LogP contribution is -2.41. The van der Waals surface area contributed by atoms with Crippen molar-refractivity contribution in [3.63, 3.8) is 0 Å². The Morgan fingerprint density at radius 1 is 1.23 bits per heavy atom. The van der Waals surface area contributed by atoms with Crippen molar-refractivity contribution >= 4 is 28.6 Å². The predicted octanol–water partition coefficient (Wildman–Crippen LogP) is 1.55. The molecule has 144 valence electrons. The van der Waals surface area contributed by atoms with Crippen molar-refractivity contribution in [3.8, 4) is 0 Å². The van der Waals surface area contributed by atoms with Crippen LogP contribution in [0.25, 0.3) is 0 Å². The van der Waals surface area contributed by atoms with Crippen LogP contribution in [-0.2, 0) is 24.1 Å². The van der Waals surface area contributed by atoms with Crippen molar-refractivity contribution < 1.29 is 27.3 Å². The zero-order valence-corrected chi connectivity index (χ0v) is 16.9. The number of hydrogen-bond donors (Lipinski definition) is 0. The Morgan fingerprint density at radius 2 is 1.81 bits per heavy atom. The second-order valence-corrected chi connectivity index (χ2v) is 10.2. The van der Waals surface area contributed by atoms with Crippen LogP contribution >= 0.6 is 0 Å². The molecule has 0 amide bonds. The van der Waals surface area contributed by atoms with Gasteiger partial charge in [-0.25, -0.2) is 17.2 Å². The number of ether oxygens (including phenoxy) is 1. The third-order valence-electron chi connectivity index (χ3n) is 5.93. The minimum absolute atomic E-state index is 0.0312. The zero-order valence-electron chi connectivity index (χ0n) is 16.1. The summed E-state index contributed by atoms with van der Waals surface area (Å²) >= 11 is 0. The molecule has 1 unspecified atom stereocenters. The molecule has 0 bridgehead atoms. The molecular weight excluding hydrogens is 357 g/mol. The maximum Gasteiger partial charge on any atom is 0.496 e. The highest BCUT2D eigenvalue weighted by Gasteiger charge is 2.52. The van der Waals surface area contributed by atoms with Crippen molar-refractivity contribution in [3.05, 3.63) is 18.0 Å². The van der Waals surface area contributed by atoms with Gasteiger partial charge in [0.2, 0.25) is 10.0 Å². The van der Waals surface area contributed by atoms with Crippen LogP contribution in [0, 0.1) is 5.92 Å². The number of nitrogens with zero attached hydrogens (tertiary/aromatic N) is 1. The standard InChI is InChI=1S/C17H26BNO6S/c1-11-7-8-14(11)26(21,22)19-10-12(9-13(19)15(20)23-6)18-24-16(2,3)17(4,5)25-18/h9-11,14H,7-8H2,1-6H3/t11-,14?/m1/s1.